The first-order chi connectivity index (χ1) is 7.11. The van der Waals surface area contributed by atoms with Crippen LogP contribution in [0.25, 0.3) is 0 Å². The fourth-order valence-electron chi connectivity index (χ4n) is 2.15. The summed E-state index contributed by atoms with van der Waals surface area (Å²) in [7, 11) is -3.08. The van der Waals surface area contributed by atoms with Crippen molar-refractivity contribution in [2.24, 2.45) is 0 Å². The monoisotopic (exact) mass is 235 g/mol. The van der Waals surface area contributed by atoms with Gasteiger partial charge in [0.1, 0.15) is 0 Å². The Morgan fingerprint density at radius 1 is 1.40 bits per heavy atom. The minimum Gasteiger partial charge on any atom is -0.396 e. The molecular weight excluding hydrogens is 214 g/mol. The van der Waals surface area contributed by atoms with Crippen molar-refractivity contribution in [2.75, 3.05) is 18.9 Å². The number of piperidine rings is 1. The van der Waals surface area contributed by atoms with E-state index in [4.69, 9.17) is 5.11 Å². The highest BCUT2D eigenvalue weighted by molar-refractivity contribution is 7.89. The van der Waals surface area contributed by atoms with Gasteiger partial charge in [-0.05, 0) is 25.7 Å². The van der Waals surface area contributed by atoms with Gasteiger partial charge in [0, 0.05) is 19.2 Å². The number of aliphatic hydroxyl groups excluding tert-OH is 1. The molecular formula is C10H21NO3S. The van der Waals surface area contributed by atoms with Gasteiger partial charge in [-0.1, -0.05) is 13.3 Å². The van der Waals surface area contributed by atoms with Crippen LogP contribution in [-0.4, -0.2) is 42.8 Å². The van der Waals surface area contributed by atoms with Crippen molar-refractivity contribution in [1.82, 2.24) is 4.31 Å². The summed E-state index contributed by atoms with van der Waals surface area (Å²) in [4.78, 5) is 0. The summed E-state index contributed by atoms with van der Waals surface area (Å²) < 4.78 is 25.4. The lowest BCUT2D eigenvalue weighted by atomic mass is 10.0. The van der Waals surface area contributed by atoms with Gasteiger partial charge >= 0.3 is 0 Å². The molecule has 1 fully saturated rings. The van der Waals surface area contributed by atoms with Crippen molar-refractivity contribution in [3.8, 4) is 0 Å². The lowest BCUT2D eigenvalue weighted by molar-refractivity contribution is 0.192. The van der Waals surface area contributed by atoms with Gasteiger partial charge in [-0.2, -0.15) is 4.31 Å². The second kappa shape index (κ2) is 5.82. The van der Waals surface area contributed by atoms with E-state index in [0.717, 1.165) is 19.3 Å². The Labute approximate surface area is 92.3 Å². The van der Waals surface area contributed by atoms with Crippen molar-refractivity contribution in [2.45, 2.75) is 45.1 Å². The molecule has 1 aliphatic rings. The summed E-state index contributed by atoms with van der Waals surface area (Å²) in [5.74, 6) is 0.231. The first-order valence-corrected chi connectivity index (χ1v) is 7.33. The largest absolute Gasteiger partial charge is 0.396 e. The summed E-state index contributed by atoms with van der Waals surface area (Å²) >= 11 is 0. The average molecular weight is 235 g/mol. The SMILES string of the molecule is CCCS(=O)(=O)N1CCCCC1CCO. The molecule has 4 nitrogen and oxygen atoms in total. The molecule has 0 bridgehead atoms. The van der Waals surface area contributed by atoms with Crippen molar-refractivity contribution >= 4 is 10.0 Å². The first-order valence-electron chi connectivity index (χ1n) is 5.72. The third-order valence-corrected chi connectivity index (χ3v) is 4.97. The normalized spacial score (nSPS) is 24.3. The molecule has 1 heterocycles. The van der Waals surface area contributed by atoms with Crippen LogP contribution in [0.1, 0.15) is 39.0 Å². The predicted molar refractivity (Wildman–Crippen MR) is 60.1 cm³/mol. The second-order valence-corrected chi connectivity index (χ2v) is 6.13. The Morgan fingerprint density at radius 3 is 2.73 bits per heavy atom. The molecule has 5 heteroatoms. The minimum absolute atomic E-state index is 0.0281. The zero-order valence-corrected chi connectivity index (χ0v) is 10.2. The topological polar surface area (TPSA) is 57.6 Å². The summed E-state index contributed by atoms with van der Waals surface area (Å²) in [6.07, 6.45) is 4.14. The second-order valence-electron chi connectivity index (χ2n) is 4.09. The van der Waals surface area contributed by atoms with Crippen LogP contribution in [-0.2, 0) is 10.0 Å². The van der Waals surface area contributed by atoms with Gasteiger partial charge in [-0.3, -0.25) is 0 Å². The Kier molecular flexibility index (Phi) is 5.02. The van der Waals surface area contributed by atoms with Crippen molar-refractivity contribution < 1.29 is 13.5 Å². The van der Waals surface area contributed by atoms with Crippen molar-refractivity contribution in [1.29, 1.82) is 0 Å². The van der Waals surface area contributed by atoms with Gasteiger partial charge in [-0.15, -0.1) is 0 Å². The molecule has 0 aromatic rings. The number of hydrogen-bond acceptors (Lipinski definition) is 3. The predicted octanol–water partition coefficient (Wildman–Crippen LogP) is 0.963. The van der Waals surface area contributed by atoms with Crippen LogP contribution in [0.2, 0.25) is 0 Å². The van der Waals surface area contributed by atoms with E-state index in [2.05, 4.69) is 0 Å². The molecule has 0 spiro atoms. The fourth-order valence-corrected chi connectivity index (χ4v) is 3.98. The van der Waals surface area contributed by atoms with Crippen LogP contribution in [0.3, 0.4) is 0 Å². The maximum Gasteiger partial charge on any atom is 0.214 e. The van der Waals surface area contributed by atoms with E-state index in [1.165, 1.54) is 0 Å². The highest BCUT2D eigenvalue weighted by Crippen LogP contribution is 2.23. The Hall–Kier alpha value is -0.130. The van der Waals surface area contributed by atoms with Gasteiger partial charge in [-0.25, -0.2) is 8.42 Å². The van der Waals surface area contributed by atoms with Crippen LogP contribution < -0.4 is 0 Å². The van der Waals surface area contributed by atoms with E-state index >= 15 is 0 Å². The van der Waals surface area contributed by atoms with Gasteiger partial charge in [0.05, 0.1) is 5.75 Å². The van der Waals surface area contributed by atoms with Gasteiger partial charge in [0.15, 0.2) is 0 Å². The Bertz CT molecular complexity index is 274. The lowest BCUT2D eigenvalue weighted by Crippen LogP contribution is -2.45. The van der Waals surface area contributed by atoms with Crippen LogP contribution in [0.5, 0.6) is 0 Å². The van der Waals surface area contributed by atoms with Crippen molar-refractivity contribution in [3.05, 3.63) is 0 Å². The average Bonchev–Trinajstić information content (AvgIpc) is 2.19. The number of aliphatic hydroxyl groups is 1. The number of nitrogens with zero attached hydrogens (tertiary/aromatic N) is 1. The number of hydrogen-bond donors (Lipinski definition) is 1. The molecule has 0 amide bonds. The fraction of sp³-hybridized carbons (Fsp3) is 1.00. The van der Waals surface area contributed by atoms with Crippen LogP contribution in [0.4, 0.5) is 0 Å². The summed E-state index contributed by atoms with van der Waals surface area (Å²) in [5.41, 5.74) is 0. The van der Waals surface area contributed by atoms with Crippen LogP contribution in [0, 0.1) is 0 Å². The smallest absolute Gasteiger partial charge is 0.214 e. The maximum atomic E-state index is 11.9. The zero-order chi connectivity index (χ0) is 11.3. The summed E-state index contributed by atoms with van der Waals surface area (Å²) in [6.45, 7) is 2.58. The van der Waals surface area contributed by atoms with Gasteiger partial charge in [0.2, 0.25) is 10.0 Å². The molecule has 0 radical (unpaired) electrons. The quantitative estimate of drug-likeness (QED) is 0.772. The molecule has 0 saturated carbocycles. The molecule has 1 atom stereocenters. The van der Waals surface area contributed by atoms with E-state index in [1.807, 2.05) is 6.92 Å². The van der Waals surface area contributed by atoms with Crippen molar-refractivity contribution in [3.63, 3.8) is 0 Å². The van der Waals surface area contributed by atoms with Gasteiger partial charge < -0.3 is 5.11 Å². The van der Waals surface area contributed by atoms with Crippen LogP contribution >= 0.6 is 0 Å². The number of sulfonamides is 1. The first kappa shape index (κ1) is 12.9. The molecule has 15 heavy (non-hydrogen) atoms. The van der Waals surface area contributed by atoms with E-state index < -0.39 is 10.0 Å². The highest BCUT2D eigenvalue weighted by Gasteiger charge is 2.30. The van der Waals surface area contributed by atoms with E-state index in [0.29, 0.717) is 19.4 Å². The molecule has 1 N–H and O–H groups in total. The van der Waals surface area contributed by atoms with E-state index in [1.54, 1.807) is 4.31 Å². The summed E-state index contributed by atoms with van der Waals surface area (Å²) in [6, 6.07) is 0.0281. The minimum atomic E-state index is -3.08. The molecule has 90 valence electrons. The standard InChI is InChI=1S/C10H21NO3S/c1-2-9-15(13,14)11-7-4-3-5-10(11)6-8-12/h10,12H,2-9H2,1H3. The Balaban J connectivity index is 2.70. The number of rotatable bonds is 5. The molecule has 1 saturated heterocycles. The molecule has 1 rings (SSSR count). The third-order valence-electron chi connectivity index (χ3n) is 2.85. The molecule has 0 aliphatic carbocycles. The third kappa shape index (κ3) is 3.43. The molecule has 1 aliphatic heterocycles. The van der Waals surface area contributed by atoms with E-state index in [-0.39, 0.29) is 18.4 Å². The zero-order valence-electron chi connectivity index (χ0n) is 9.35. The lowest BCUT2D eigenvalue weighted by Gasteiger charge is -2.34. The van der Waals surface area contributed by atoms with Gasteiger partial charge in [0.25, 0.3) is 0 Å². The molecule has 1 unspecified atom stereocenters. The molecule has 0 aromatic heterocycles. The highest BCUT2D eigenvalue weighted by atomic mass is 32.2. The van der Waals surface area contributed by atoms with Crippen LogP contribution in [0.15, 0.2) is 0 Å². The molecule has 0 aromatic carbocycles. The maximum absolute atomic E-state index is 11.9. The Morgan fingerprint density at radius 2 is 2.13 bits per heavy atom. The van der Waals surface area contributed by atoms with E-state index in [9.17, 15) is 8.42 Å². The summed E-state index contributed by atoms with van der Waals surface area (Å²) in [5, 5.41) is 8.91.